The van der Waals surface area contributed by atoms with E-state index in [1.54, 1.807) is 11.3 Å². The molecule has 1 aromatic carbocycles. The van der Waals surface area contributed by atoms with E-state index in [-0.39, 0.29) is 5.91 Å². The fourth-order valence-electron chi connectivity index (χ4n) is 3.79. The summed E-state index contributed by atoms with van der Waals surface area (Å²) in [5.41, 5.74) is 1.77. The molecule has 1 aromatic heterocycles. The molecule has 24 heavy (non-hydrogen) atoms. The second-order valence-corrected chi connectivity index (χ2v) is 8.04. The molecule has 1 saturated carbocycles. The van der Waals surface area contributed by atoms with Crippen molar-refractivity contribution in [1.29, 1.82) is 0 Å². The van der Waals surface area contributed by atoms with E-state index in [2.05, 4.69) is 10.2 Å². The number of carbonyl (C=O) groups excluding carboxylic acids is 1. The monoisotopic (exact) mass is 343 g/mol. The zero-order chi connectivity index (χ0) is 16.4. The van der Waals surface area contributed by atoms with Crippen molar-refractivity contribution < 1.29 is 4.79 Å². The van der Waals surface area contributed by atoms with E-state index in [1.165, 1.54) is 38.5 Å². The summed E-state index contributed by atoms with van der Waals surface area (Å²) in [4.78, 5) is 19.7. The maximum absolute atomic E-state index is 12.5. The molecule has 0 spiro atoms. The Bertz CT molecular complexity index is 714. The first-order valence-corrected chi connectivity index (χ1v) is 10.1. The van der Waals surface area contributed by atoms with Gasteiger partial charge in [-0.15, -0.1) is 0 Å². The zero-order valence-electron chi connectivity index (χ0n) is 14.1. The number of anilines is 1. The van der Waals surface area contributed by atoms with Crippen molar-refractivity contribution in [2.75, 3.05) is 18.0 Å². The molecule has 1 amide bonds. The van der Waals surface area contributed by atoms with Crippen molar-refractivity contribution in [3.05, 3.63) is 23.8 Å². The molecule has 2 aliphatic rings. The molecule has 0 bridgehead atoms. The van der Waals surface area contributed by atoms with Gasteiger partial charge in [-0.2, -0.15) is 0 Å². The van der Waals surface area contributed by atoms with Gasteiger partial charge in [0.05, 0.1) is 10.2 Å². The highest BCUT2D eigenvalue weighted by Crippen LogP contribution is 2.31. The molecule has 0 unspecified atom stereocenters. The van der Waals surface area contributed by atoms with Gasteiger partial charge in [-0.1, -0.05) is 30.6 Å². The highest BCUT2D eigenvalue weighted by Gasteiger charge is 2.18. The number of hydrogen-bond donors (Lipinski definition) is 1. The molecule has 1 aliphatic heterocycles. The van der Waals surface area contributed by atoms with Gasteiger partial charge < -0.3 is 10.2 Å². The summed E-state index contributed by atoms with van der Waals surface area (Å²) >= 11 is 1.72. The lowest BCUT2D eigenvalue weighted by atomic mass is 9.95. The molecule has 4 rings (SSSR count). The van der Waals surface area contributed by atoms with Gasteiger partial charge in [0.25, 0.3) is 5.91 Å². The number of aromatic nitrogens is 1. The van der Waals surface area contributed by atoms with E-state index in [0.29, 0.717) is 6.04 Å². The number of piperidine rings is 1. The van der Waals surface area contributed by atoms with Crippen LogP contribution in [-0.4, -0.2) is 30.0 Å². The third-order valence-corrected chi connectivity index (χ3v) is 6.29. The number of thiazole rings is 1. The zero-order valence-corrected chi connectivity index (χ0v) is 14.9. The number of nitrogens with one attached hydrogen (secondary N) is 1. The standard InChI is InChI=1S/C19H25N3OS/c23-18(20-15-7-3-1-4-8-15)14-9-10-16-17(13-14)24-19(21-16)22-11-5-2-6-12-22/h9-10,13,15H,1-8,11-12H2,(H,20,23). The van der Waals surface area contributed by atoms with Crippen molar-refractivity contribution in [3.8, 4) is 0 Å². The Hall–Kier alpha value is -1.62. The summed E-state index contributed by atoms with van der Waals surface area (Å²) in [6.45, 7) is 2.21. The molecule has 1 aliphatic carbocycles. The second-order valence-electron chi connectivity index (χ2n) is 7.04. The molecule has 128 valence electrons. The van der Waals surface area contributed by atoms with Crippen LogP contribution in [0.4, 0.5) is 5.13 Å². The molecule has 5 heteroatoms. The van der Waals surface area contributed by atoms with Crippen LogP contribution >= 0.6 is 11.3 Å². The number of amides is 1. The van der Waals surface area contributed by atoms with Gasteiger partial charge in [0.15, 0.2) is 5.13 Å². The lowest BCUT2D eigenvalue weighted by Crippen LogP contribution is -2.36. The van der Waals surface area contributed by atoms with Crippen LogP contribution in [0, 0.1) is 0 Å². The molecular weight excluding hydrogens is 318 g/mol. The largest absolute Gasteiger partial charge is 0.349 e. The van der Waals surface area contributed by atoms with E-state index in [4.69, 9.17) is 4.98 Å². The van der Waals surface area contributed by atoms with Gasteiger partial charge in [0.2, 0.25) is 0 Å². The van der Waals surface area contributed by atoms with Crippen LogP contribution in [0.1, 0.15) is 61.7 Å². The quantitative estimate of drug-likeness (QED) is 0.901. The lowest BCUT2D eigenvalue weighted by Gasteiger charge is -2.25. The second kappa shape index (κ2) is 7.09. The minimum atomic E-state index is 0.0664. The summed E-state index contributed by atoms with van der Waals surface area (Å²) in [7, 11) is 0. The topological polar surface area (TPSA) is 45.2 Å². The maximum Gasteiger partial charge on any atom is 0.251 e. The van der Waals surface area contributed by atoms with Crippen LogP contribution in [-0.2, 0) is 0 Å². The number of hydrogen-bond acceptors (Lipinski definition) is 4. The molecule has 2 heterocycles. The first-order chi connectivity index (χ1) is 11.8. The van der Waals surface area contributed by atoms with Crippen molar-refractivity contribution in [3.63, 3.8) is 0 Å². The fourth-order valence-corrected chi connectivity index (χ4v) is 4.85. The van der Waals surface area contributed by atoms with E-state index < -0.39 is 0 Å². The van der Waals surface area contributed by atoms with E-state index in [0.717, 1.165) is 46.8 Å². The third-order valence-electron chi connectivity index (χ3n) is 5.21. The van der Waals surface area contributed by atoms with Crippen LogP contribution in [0.25, 0.3) is 10.2 Å². The number of nitrogens with zero attached hydrogens (tertiary/aromatic N) is 2. The first-order valence-electron chi connectivity index (χ1n) is 9.26. The van der Waals surface area contributed by atoms with Gasteiger partial charge in [0.1, 0.15) is 0 Å². The number of rotatable bonds is 3. The molecule has 2 aromatic rings. The van der Waals surface area contributed by atoms with Crippen LogP contribution in [0.5, 0.6) is 0 Å². The summed E-state index contributed by atoms with van der Waals surface area (Å²) < 4.78 is 1.12. The summed E-state index contributed by atoms with van der Waals surface area (Å²) in [6, 6.07) is 6.28. The van der Waals surface area contributed by atoms with Crippen LogP contribution in [0.15, 0.2) is 18.2 Å². The number of fused-ring (bicyclic) bond motifs is 1. The lowest BCUT2D eigenvalue weighted by molar-refractivity contribution is 0.0928. The van der Waals surface area contributed by atoms with Gasteiger partial charge in [-0.05, 0) is 50.3 Å². The Morgan fingerprint density at radius 1 is 1.08 bits per heavy atom. The Kier molecular flexibility index (Phi) is 4.69. The highest BCUT2D eigenvalue weighted by molar-refractivity contribution is 7.22. The van der Waals surface area contributed by atoms with Crippen molar-refractivity contribution in [2.45, 2.75) is 57.4 Å². The van der Waals surface area contributed by atoms with Crippen LogP contribution in [0.2, 0.25) is 0 Å². The highest BCUT2D eigenvalue weighted by atomic mass is 32.1. The van der Waals surface area contributed by atoms with Gasteiger partial charge >= 0.3 is 0 Å². The first kappa shape index (κ1) is 15.9. The van der Waals surface area contributed by atoms with Crippen molar-refractivity contribution in [2.24, 2.45) is 0 Å². The summed E-state index contributed by atoms with van der Waals surface area (Å²) in [5.74, 6) is 0.0664. The van der Waals surface area contributed by atoms with E-state index in [9.17, 15) is 4.79 Å². The third kappa shape index (κ3) is 3.41. The summed E-state index contributed by atoms with van der Waals surface area (Å²) in [6.07, 6.45) is 9.85. The van der Waals surface area contributed by atoms with Crippen LogP contribution < -0.4 is 10.2 Å². The average Bonchev–Trinajstić information content (AvgIpc) is 3.06. The minimum absolute atomic E-state index is 0.0664. The van der Waals surface area contributed by atoms with Gasteiger partial charge in [-0.3, -0.25) is 4.79 Å². The molecule has 2 fully saturated rings. The average molecular weight is 343 g/mol. The molecule has 0 radical (unpaired) electrons. The van der Waals surface area contributed by atoms with Gasteiger partial charge in [0, 0.05) is 24.7 Å². The molecular formula is C19H25N3OS. The molecule has 1 saturated heterocycles. The van der Waals surface area contributed by atoms with Crippen LogP contribution in [0.3, 0.4) is 0 Å². The van der Waals surface area contributed by atoms with Crippen molar-refractivity contribution >= 4 is 32.6 Å². The minimum Gasteiger partial charge on any atom is -0.349 e. The predicted molar refractivity (Wildman–Crippen MR) is 100 cm³/mol. The Balaban J connectivity index is 1.50. The number of benzene rings is 1. The number of carbonyl (C=O) groups is 1. The SMILES string of the molecule is O=C(NC1CCCCC1)c1ccc2nc(N3CCCCC3)sc2c1. The molecule has 0 atom stereocenters. The normalized spacial score (nSPS) is 19.6. The smallest absolute Gasteiger partial charge is 0.251 e. The van der Waals surface area contributed by atoms with E-state index in [1.807, 2.05) is 18.2 Å². The summed E-state index contributed by atoms with van der Waals surface area (Å²) in [5, 5.41) is 4.31. The Morgan fingerprint density at radius 2 is 1.83 bits per heavy atom. The van der Waals surface area contributed by atoms with E-state index >= 15 is 0 Å². The maximum atomic E-state index is 12.5. The fraction of sp³-hybridized carbons (Fsp3) is 0.579. The van der Waals surface area contributed by atoms with Gasteiger partial charge in [-0.25, -0.2) is 4.98 Å². The molecule has 4 nitrogen and oxygen atoms in total. The molecule has 1 N–H and O–H groups in total. The Morgan fingerprint density at radius 3 is 2.62 bits per heavy atom. The predicted octanol–water partition coefficient (Wildman–Crippen LogP) is 4.35. The van der Waals surface area contributed by atoms with Crippen molar-refractivity contribution in [1.82, 2.24) is 10.3 Å². The Labute approximate surface area is 147 Å².